The van der Waals surface area contributed by atoms with Crippen LogP contribution in [-0.2, 0) is 4.79 Å². The first-order valence-corrected chi connectivity index (χ1v) is 6.53. The van der Waals surface area contributed by atoms with E-state index >= 15 is 0 Å². The zero-order valence-corrected chi connectivity index (χ0v) is 11.6. The van der Waals surface area contributed by atoms with Gasteiger partial charge in [-0.15, -0.1) is 0 Å². The number of methoxy groups -OCH3 is 1. The number of hydrogen-bond donors (Lipinski definition) is 1. The van der Waals surface area contributed by atoms with Gasteiger partial charge in [-0.1, -0.05) is 6.07 Å². The maximum absolute atomic E-state index is 13.4. The third kappa shape index (κ3) is 2.09. The van der Waals surface area contributed by atoms with Crippen molar-refractivity contribution in [2.75, 3.05) is 12.0 Å². The van der Waals surface area contributed by atoms with Crippen LogP contribution in [0.5, 0.6) is 5.75 Å². The van der Waals surface area contributed by atoms with Gasteiger partial charge in [-0.2, -0.15) is 0 Å². The molecule has 1 atom stereocenters. The number of carbonyl (C=O) groups excluding carboxylic acids is 1. The average molecular weight is 301 g/mol. The van der Waals surface area contributed by atoms with E-state index in [9.17, 15) is 19.1 Å². The SMILES string of the molecule is COc1ccc(N2C(=O)c3cc(F)ccc3C2C(=O)O)cc1. The Morgan fingerprint density at radius 2 is 1.91 bits per heavy atom. The highest BCUT2D eigenvalue weighted by atomic mass is 19.1. The fourth-order valence-corrected chi connectivity index (χ4v) is 2.59. The number of nitrogens with zero attached hydrogens (tertiary/aromatic N) is 1. The topological polar surface area (TPSA) is 66.8 Å². The second kappa shape index (κ2) is 5.14. The van der Waals surface area contributed by atoms with Crippen molar-refractivity contribution in [3.63, 3.8) is 0 Å². The van der Waals surface area contributed by atoms with Gasteiger partial charge in [-0.25, -0.2) is 9.18 Å². The normalized spacial score (nSPS) is 16.5. The van der Waals surface area contributed by atoms with Crippen LogP contribution in [0.2, 0.25) is 0 Å². The molecule has 1 aliphatic rings. The first-order valence-electron chi connectivity index (χ1n) is 6.53. The monoisotopic (exact) mass is 301 g/mol. The van der Waals surface area contributed by atoms with E-state index < -0.39 is 23.7 Å². The molecule has 0 spiro atoms. The molecular formula is C16H12FNO4. The van der Waals surface area contributed by atoms with Gasteiger partial charge in [0, 0.05) is 11.3 Å². The fourth-order valence-electron chi connectivity index (χ4n) is 2.59. The maximum atomic E-state index is 13.4. The Bertz CT molecular complexity index is 757. The molecule has 1 heterocycles. The molecule has 112 valence electrons. The number of carboxylic acid groups (broad SMARTS) is 1. The molecule has 3 rings (SSSR count). The molecular weight excluding hydrogens is 289 g/mol. The Kier molecular flexibility index (Phi) is 3.29. The summed E-state index contributed by atoms with van der Waals surface area (Å²) < 4.78 is 18.4. The molecule has 1 N–H and O–H groups in total. The Morgan fingerprint density at radius 3 is 2.50 bits per heavy atom. The van der Waals surface area contributed by atoms with Crippen LogP contribution in [0.3, 0.4) is 0 Å². The summed E-state index contributed by atoms with van der Waals surface area (Å²) in [6.07, 6.45) is 0. The van der Waals surface area contributed by atoms with Crippen molar-refractivity contribution in [3.8, 4) is 5.75 Å². The van der Waals surface area contributed by atoms with E-state index in [0.717, 1.165) is 17.0 Å². The molecule has 5 nitrogen and oxygen atoms in total. The summed E-state index contributed by atoms with van der Waals surface area (Å²) in [6.45, 7) is 0. The van der Waals surface area contributed by atoms with Crippen molar-refractivity contribution in [2.45, 2.75) is 6.04 Å². The molecule has 0 saturated carbocycles. The first kappa shape index (κ1) is 14.1. The number of benzene rings is 2. The highest BCUT2D eigenvalue weighted by Gasteiger charge is 2.42. The van der Waals surface area contributed by atoms with E-state index in [2.05, 4.69) is 0 Å². The van der Waals surface area contributed by atoms with Gasteiger partial charge in [0.05, 0.1) is 7.11 Å². The number of ether oxygens (including phenoxy) is 1. The van der Waals surface area contributed by atoms with E-state index in [0.29, 0.717) is 11.4 Å². The van der Waals surface area contributed by atoms with Crippen LogP contribution < -0.4 is 9.64 Å². The van der Waals surface area contributed by atoms with Crippen LogP contribution >= 0.6 is 0 Å². The number of rotatable bonds is 3. The van der Waals surface area contributed by atoms with Crippen molar-refractivity contribution in [2.24, 2.45) is 0 Å². The van der Waals surface area contributed by atoms with Gasteiger partial charge in [-0.05, 0) is 42.0 Å². The van der Waals surface area contributed by atoms with E-state index in [1.54, 1.807) is 24.3 Å². The zero-order valence-electron chi connectivity index (χ0n) is 11.6. The smallest absolute Gasteiger partial charge is 0.331 e. The number of amides is 1. The number of hydrogen-bond acceptors (Lipinski definition) is 3. The number of aliphatic carboxylic acids is 1. The lowest BCUT2D eigenvalue weighted by Gasteiger charge is -2.22. The third-order valence-electron chi connectivity index (χ3n) is 3.60. The van der Waals surface area contributed by atoms with Gasteiger partial charge in [-0.3, -0.25) is 9.69 Å². The predicted molar refractivity (Wildman–Crippen MR) is 76.6 cm³/mol. The number of fused-ring (bicyclic) bond motifs is 1. The first-order chi connectivity index (χ1) is 10.5. The lowest BCUT2D eigenvalue weighted by molar-refractivity contribution is -0.138. The van der Waals surface area contributed by atoms with Crippen LogP contribution in [0.15, 0.2) is 42.5 Å². The molecule has 22 heavy (non-hydrogen) atoms. The van der Waals surface area contributed by atoms with Crippen molar-refractivity contribution < 1.29 is 23.8 Å². The summed E-state index contributed by atoms with van der Waals surface area (Å²) in [6, 6.07) is 8.83. The molecule has 0 bridgehead atoms. The van der Waals surface area contributed by atoms with Crippen LogP contribution in [0.1, 0.15) is 22.0 Å². The van der Waals surface area contributed by atoms with Gasteiger partial charge in [0.25, 0.3) is 5.91 Å². The summed E-state index contributed by atoms with van der Waals surface area (Å²) in [7, 11) is 1.51. The van der Waals surface area contributed by atoms with Crippen molar-refractivity contribution in [1.82, 2.24) is 0 Å². The van der Waals surface area contributed by atoms with E-state index in [1.807, 2.05) is 0 Å². The molecule has 0 aliphatic carbocycles. The van der Waals surface area contributed by atoms with E-state index in [-0.39, 0.29) is 11.1 Å². The molecule has 2 aromatic rings. The van der Waals surface area contributed by atoms with Gasteiger partial charge in [0.2, 0.25) is 0 Å². The second-order valence-electron chi connectivity index (χ2n) is 4.85. The van der Waals surface area contributed by atoms with Gasteiger partial charge < -0.3 is 9.84 Å². The molecule has 1 aliphatic heterocycles. The lowest BCUT2D eigenvalue weighted by Crippen LogP contribution is -2.32. The molecule has 0 radical (unpaired) electrons. The lowest BCUT2D eigenvalue weighted by atomic mass is 10.0. The quantitative estimate of drug-likeness (QED) is 0.946. The Morgan fingerprint density at radius 1 is 1.23 bits per heavy atom. The van der Waals surface area contributed by atoms with Gasteiger partial charge in [0.15, 0.2) is 6.04 Å². The van der Waals surface area contributed by atoms with Gasteiger partial charge in [0.1, 0.15) is 11.6 Å². The Balaban J connectivity index is 2.10. The van der Waals surface area contributed by atoms with Crippen molar-refractivity contribution in [3.05, 3.63) is 59.4 Å². The van der Waals surface area contributed by atoms with Crippen molar-refractivity contribution >= 4 is 17.6 Å². The highest BCUT2D eigenvalue weighted by molar-refractivity contribution is 6.15. The van der Waals surface area contributed by atoms with E-state index in [4.69, 9.17) is 4.74 Å². The minimum absolute atomic E-state index is 0.0724. The molecule has 6 heteroatoms. The summed E-state index contributed by atoms with van der Waals surface area (Å²) >= 11 is 0. The molecule has 0 fully saturated rings. The fraction of sp³-hybridized carbons (Fsp3) is 0.125. The predicted octanol–water partition coefficient (Wildman–Crippen LogP) is 2.62. The molecule has 1 amide bonds. The Labute approximate surface area is 125 Å². The Hall–Kier alpha value is -2.89. The van der Waals surface area contributed by atoms with Crippen molar-refractivity contribution in [1.29, 1.82) is 0 Å². The summed E-state index contributed by atoms with van der Waals surface area (Å²) in [4.78, 5) is 25.2. The molecule has 2 aromatic carbocycles. The zero-order chi connectivity index (χ0) is 15.9. The van der Waals surface area contributed by atoms with Crippen LogP contribution in [-0.4, -0.2) is 24.1 Å². The summed E-state index contributed by atoms with van der Waals surface area (Å²) in [5, 5.41) is 9.47. The summed E-state index contributed by atoms with van der Waals surface area (Å²) in [5.74, 6) is -1.69. The summed E-state index contributed by atoms with van der Waals surface area (Å²) in [5.41, 5.74) is 0.771. The maximum Gasteiger partial charge on any atom is 0.331 e. The molecule has 1 unspecified atom stereocenters. The van der Waals surface area contributed by atoms with Crippen LogP contribution in [0, 0.1) is 5.82 Å². The third-order valence-corrected chi connectivity index (χ3v) is 3.60. The molecule has 0 saturated heterocycles. The highest BCUT2D eigenvalue weighted by Crippen LogP contribution is 2.38. The van der Waals surface area contributed by atoms with Crippen LogP contribution in [0.25, 0.3) is 0 Å². The average Bonchev–Trinajstić information content (AvgIpc) is 2.80. The number of carboxylic acids is 1. The number of anilines is 1. The minimum Gasteiger partial charge on any atom is -0.497 e. The van der Waals surface area contributed by atoms with Crippen LogP contribution in [0.4, 0.5) is 10.1 Å². The number of halogens is 1. The number of carbonyl (C=O) groups is 2. The molecule has 0 aromatic heterocycles. The van der Waals surface area contributed by atoms with E-state index in [1.165, 1.54) is 13.2 Å². The van der Waals surface area contributed by atoms with Gasteiger partial charge >= 0.3 is 5.97 Å². The standard InChI is InChI=1S/C16H12FNO4/c1-22-11-5-3-10(4-6-11)18-14(16(20)21)12-7-2-9(17)8-13(12)15(18)19/h2-8,14H,1H3,(H,20,21). The minimum atomic E-state index is -1.17. The second-order valence-corrected chi connectivity index (χ2v) is 4.85. The largest absolute Gasteiger partial charge is 0.497 e.